The molecule has 4 aromatic rings. The van der Waals surface area contributed by atoms with Gasteiger partial charge in [0.15, 0.2) is 11.2 Å². The van der Waals surface area contributed by atoms with Crippen molar-refractivity contribution in [2.75, 3.05) is 0 Å². The molecular weight excluding hydrogens is 422 g/mol. The van der Waals surface area contributed by atoms with E-state index in [1.54, 1.807) is 0 Å². The standard InChI is InChI=1S/C24H29N5O4/c1-4-6-13-26-19-18(22(32)27(24(26)33)14-7-5-2)29-21(31)16(3)20(30)28(23(29)25-19)15-17-11-9-8-10-12-17/h8-12,30H,4-7,13-15H2,1-3H3. The van der Waals surface area contributed by atoms with Crippen LogP contribution in [-0.2, 0) is 19.6 Å². The highest BCUT2D eigenvalue weighted by atomic mass is 16.3. The first-order chi connectivity index (χ1) is 15.9. The summed E-state index contributed by atoms with van der Waals surface area (Å²) in [6, 6.07) is 9.47. The first kappa shape index (κ1) is 22.6. The lowest BCUT2D eigenvalue weighted by Gasteiger charge is -2.13. The van der Waals surface area contributed by atoms with Crippen LogP contribution in [0.5, 0.6) is 5.88 Å². The Bertz CT molecular complexity index is 1490. The van der Waals surface area contributed by atoms with Crippen molar-refractivity contribution in [3.63, 3.8) is 0 Å². The van der Waals surface area contributed by atoms with Crippen LogP contribution >= 0.6 is 0 Å². The van der Waals surface area contributed by atoms with E-state index in [9.17, 15) is 19.5 Å². The summed E-state index contributed by atoms with van der Waals surface area (Å²) in [4.78, 5) is 44.5. The molecule has 0 aliphatic heterocycles. The van der Waals surface area contributed by atoms with E-state index in [0.717, 1.165) is 24.8 Å². The van der Waals surface area contributed by atoms with Crippen molar-refractivity contribution >= 4 is 16.9 Å². The smallest absolute Gasteiger partial charge is 0.332 e. The van der Waals surface area contributed by atoms with Gasteiger partial charge in [0.1, 0.15) is 0 Å². The minimum absolute atomic E-state index is 0.0757. The van der Waals surface area contributed by atoms with E-state index >= 15 is 0 Å². The summed E-state index contributed by atoms with van der Waals surface area (Å²) in [7, 11) is 0. The van der Waals surface area contributed by atoms with E-state index in [1.807, 2.05) is 44.2 Å². The topological polar surface area (TPSA) is 104 Å². The lowest BCUT2D eigenvalue weighted by molar-refractivity contribution is 0.414. The van der Waals surface area contributed by atoms with E-state index < -0.39 is 16.8 Å². The molecule has 0 fully saturated rings. The first-order valence-electron chi connectivity index (χ1n) is 11.4. The molecule has 1 N–H and O–H groups in total. The summed E-state index contributed by atoms with van der Waals surface area (Å²) in [5, 5.41) is 10.8. The maximum Gasteiger partial charge on any atom is 0.332 e. The van der Waals surface area contributed by atoms with Gasteiger partial charge in [-0.2, -0.15) is 4.98 Å². The zero-order valence-electron chi connectivity index (χ0n) is 19.2. The minimum Gasteiger partial charge on any atom is -0.494 e. The Kier molecular flexibility index (Phi) is 6.22. The molecule has 33 heavy (non-hydrogen) atoms. The monoisotopic (exact) mass is 451 g/mol. The predicted molar refractivity (Wildman–Crippen MR) is 127 cm³/mol. The summed E-state index contributed by atoms with van der Waals surface area (Å²) in [5.41, 5.74) is -0.203. The summed E-state index contributed by atoms with van der Waals surface area (Å²) in [6.07, 6.45) is 3.08. The Morgan fingerprint density at radius 2 is 1.52 bits per heavy atom. The van der Waals surface area contributed by atoms with Crippen LogP contribution in [0.25, 0.3) is 16.9 Å². The third kappa shape index (κ3) is 3.77. The average Bonchev–Trinajstić information content (AvgIpc) is 3.21. The highest BCUT2D eigenvalue weighted by Gasteiger charge is 2.24. The number of aromatic nitrogens is 5. The van der Waals surface area contributed by atoms with Crippen LogP contribution in [-0.4, -0.2) is 28.2 Å². The van der Waals surface area contributed by atoms with Gasteiger partial charge in [-0.1, -0.05) is 57.0 Å². The first-order valence-corrected chi connectivity index (χ1v) is 11.4. The second-order valence-electron chi connectivity index (χ2n) is 8.34. The van der Waals surface area contributed by atoms with Crippen LogP contribution in [0.4, 0.5) is 0 Å². The molecule has 0 aliphatic carbocycles. The molecule has 0 radical (unpaired) electrons. The highest BCUT2D eigenvalue weighted by Crippen LogP contribution is 2.21. The van der Waals surface area contributed by atoms with E-state index in [0.29, 0.717) is 13.0 Å². The molecule has 1 aromatic carbocycles. The van der Waals surface area contributed by atoms with Crippen molar-refractivity contribution in [1.29, 1.82) is 0 Å². The van der Waals surface area contributed by atoms with Gasteiger partial charge in [0, 0.05) is 13.1 Å². The van der Waals surface area contributed by atoms with E-state index in [1.165, 1.54) is 25.0 Å². The zero-order valence-corrected chi connectivity index (χ0v) is 19.2. The van der Waals surface area contributed by atoms with Gasteiger partial charge in [0.25, 0.3) is 11.1 Å². The number of benzene rings is 1. The third-order valence-corrected chi connectivity index (χ3v) is 6.02. The van der Waals surface area contributed by atoms with Crippen molar-refractivity contribution in [1.82, 2.24) is 23.1 Å². The Balaban J connectivity index is 2.13. The van der Waals surface area contributed by atoms with Crippen molar-refractivity contribution in [3.05, 3.63) is 72.7 Å². The van der Waals surface area contributed by atoms with Crippen LogP contribution < -0.4 is 16.8 Å². The molecule has 0 saturated heterocycles. The molecule has 0 spiro atoms. The number of aryl methyl sites for hydroxylation is 1. The fourth-order valence-corrected chi connectivity index (χ4v) is 4.10. The van der Waals surface area contributed by atoms with E-state index in [-0.39, 0.29) is 41.5 Å². The fraction of sp³-hybridized carbons (Fsp3) is 0.417. The molecular formula is C24H29N5O4. The van der Waals surface area contributed by atoms with E-state index in [2.05, 4.69) is 4.98 Å². The van der Waals surface area contributed by atoms with Gasteiger partial charge in [0.05, 0.1) is 12.1 Å². The second-order valence-corrected chi connectivity index (χ2v) is 8.34. The number of unbranched alkanes of at least 4 members (excludes halogenated alkanes) is 2. The van der Waals surface area contributed by atoms with Crippen molar-refractivity contribution in [2.45, 2.75) is 66.1 Å². The van der Waals surface area contributed by atoms with E-state index in [4.69, 9.17) is 0 Å². The largest absolute Gasteiger partial charge is 0.494 e. The van der Waals surface area contributed by atoms with Gasteiger partial charge in [-0.05, 0) is 25.3 Å². The molecule has 3 heterocycles. The molecule has 4 rings (SSSR count). The molecule has 0 aliphatic rings. The number of fused-ring (bicyclic) bond motifs is 3. The quantitative estimate of drug-likeness (QED) is 0.444. The fourth-order valence-electron chi connectivity index (χ4n) is 4.10. The van der Waals surface area contributed by atoms with Gasteiger partial charge in [0.2, 0.25) is 11.7 Å². The average molecular weight is 452 g/mol. The van der Waals surface area contributed by atoms with Gasteiger partial charge in [-0.3, -0.25) is 23.3 Å². The summed E-state index contributed by atoms with van der Waals surface area (Å²) < 4.78 is 5.46. The minimum atomic E-state index is -0.530. The van der Waals surface area contributed by atoms with Crippen molar-refractivity contribution in [2.24, 2.45) is 0 Å². The number of nitrogens with zero attached hydrogens (tertiary/aromatic N) is 5. The molecule has 3 aromatic heterocycles. The molecule has 0 bridgehead atoms. The van der Waals surface area contributed by atoms with Crippen LogP contribution in [0.2, 0.25) is 0 Å². The Hall–Kier alpha value is -3.62. The number of imidazole rings is 1. The molecule has 0 unspecified atom stereocenters. The third-order valence-electron chi connectivity index (χ3n) is 6.02. The summed E-state index contributed by atoms with van der Waals surface area (Å²) in [6.45, 7) is 6.45. The van der Waals surface area contributed by atoms with Gasteiger partial charge >= 0.3 is 5.69 Å². The Labute approximate surface area is 190 Å². The van der Waals surface area contributed by atoms with Crippen molar-refractivity contribution in [3.8, 4) is 5.88 Å². The van der Waals surface area contributed by atoms with Crippen LogP contribution in [0.3, 0.4) is 0 Å². The summed E-state index contributed by atoms with van der Waals surface area (Å²) in [5.74, 6) is -0.0719. The number of hydrogen-bond donors (Lipinski definition) is 1. The molecule has 9 nitrogen and oxygen atoms in total. The van der Waals surface area contributed by atoms with Gasteiger partial charge in [-0.25, -0.2) is 9.20 Å². The maximum atomic E-state index is 13.5. The molecule has 0 saturated carbocycles. The summed E-state index contributed by atoms with van der Waals surface area (Å²) >= 11 is 0. The maximum absolute atomic E-state index is 13.5. The molecule has 0 atom stereocenters. The number of aromatic hydroxyl groups is 1. The lowest BCUT2D eigenvalue weighted by Crippen LogP contribution is -2.41. The molecule has 0 amide bonds. The zero-order chi connectivity index (χ0) is 23.7. The lowest BCUT2D eigenvalue weighted by atomic mass is 10.2. The highest BCUT2D eigenvalue weighted by molar-refractivity contribution is 5.75. The predicted octanol–water partition coefficient (Wildman–Crippen LogP) is 2.64. The second kappa shape index (κ2) is 9.09. The van der Waals surface area contributed by atoms with Crippen LogP contribution in [0, 0.1) is 6.92 Å². The Morgan fingerprint density at radius 3 is 2.15 bits per heavy atom. The normalized spacial score (nSPS) is 11.6. The van der Waals surface area contributed by atoms with Crippen LogP contribution in [0.1, 0.15) is 50.7 Å². The van der Waals surface area contributed by atoms with Crippen LogP contribution in [0.15, 0.2) is 44.7 Å². The molecule has 9 heteroatoms. The number of hydrogen-bond acceptors (Lipinski definition) is 5. The van der Waals surface area contributed by atoms with Gasteiger partial charge < -0.3 is 5.11 Å². The van der Waals surface area contributed by atoms with Gasteiger partial charge in [-0.15, -0.1) is 0 Å². The molecule has 174 valence electrons. The number of rotatable bonds is 8. The Morgan fingerprint density at radius 1 is 0.879 bits per heavy atom. The SMILES string of the molecule is CCCCn1c(=O)c2c(nc3n(Cc4ccccc4)c(O)c(C)c(=O)n23)n(CCCC)c1=O. The van der Waals surface area contributed by atoms with Crippen molar-refractivity contribution < 1.29 is 5.11 Å².